The van der Waals surface area contributed by atoms with Crippen molar-refractivity contribution in [3.05, 3.63) is 98.0 Å². The average Bonchev–Trinajstić information content (AvgIpc) is 2.74. The second-order valence-corrected chi connectivity index (χ2v) is 8.23. The number of benzene rings is 3. The van der Waals surface area contributed by atoms with Gasteiger partial charge in [0, 0.05) is 20.6 Å². The summed E-state index contributed by atoms with van der Waals surface area (Å²) < 4.78 is 12.4. The molecule has 0 fully saturated rings. The zero-order chi connectivity index (χ0) is 21.7. The summed E-state index contributed by atoms with van der Waals surface area (Å²) in [4.78, 5) is 12.4. The highest BCUT2D eigenvalue weighted by molar-refractivity contribution is 9.10. The zero-order valence-corrected chi connectivity index (χ0v) is 19.4. The van der Waals surface area contributed by atoms with Crippen molar-refractivity contribution in [2.24, 2.45) is 0 Å². The van der Waals surface area contributed by atoms with Crippen LogP contribution in [-0.2, 0) is 6.61 Å². The topological polar surface area (TPSA) is 35.5 Å². The van der Waals surface area contributed by atoms with Gasteiger partial charge in [-0.15, -0.1) is 0 Å². The van der Waals surface area contributed by atoms with Gasteiger partial charge in [-0.3, -0.25) is 4.79 Å². The van der Waals surface area contributed by atoms with Crippen LogP contribution in [0.1, 0.15) is 32.6 Å². The third kappa shape index (κ3) is 5.53. The number of carbonyl (C=O) groups is 1. The van der Waals surface area contributed by atoms with Crippen molar-refractivity contribution in [1.29, 1.82) is 0 Å². The highest BCUT2D eigenvalue weighted by Crippen LogP contribution is 2.28. The predicted molar refractivity (Wildman–Crippen MR) is 126 cm³/mol. The number of aryl methyl sites for hydroxylation is 2. The molecule has 3 aromatic rings. The van der Waals surface area contributed by atoms with Crippen molar-refractivity contribution < 1.29 is 14.3 Å². The minimum atomic E-state index is -0.0526. The molecule has 0 saturated heterocycles. The molecule has 0 spiro atoms. The molecule has 30 heavy (non-hydrogen) atoms. The van der Waals surface area contributed by atoms with Gasteiger partial charge in [0.15, 0.2) is 5.78 Å². The summed E-state index contributed by atoms with van der Waals surface area (Å²) in [6.45, 7) is 4.25. The second kappa shape index (κ2) is 9.96. The number of halogens is 2. The van der Waals surface area contributed by atoms with Crippen LogP contribution in [-0.4, -0.2) is 12.9 Å². The van der Waals surface area contributed by atoms with Gasteiger partial charge in [-0.2, -0.15) is 0 Å². The first kappa shape index (κ1) is 22.1. The molecule has 0 bridgehead atoms. The van der Waals surface area contributed by atoms with Crippen LogP contribution < -0.4 is 9.47 Å². The molecule has 0 atom stereocenters. The molecule has 0 N–H and O–H groups in total. The first-order chi connectivity index (χ1) is 14.4. The van der Waals surface area contributed by atoms with E-state index in [4.69, 9.17) is 21.1 Å². The Morgan fingerprint density at radius 2 is 1.70 bits per heavy atom. The summed E-state index contributed by atoms with van der Waals surface area (Å²) in [7, 11) is 1.63. The lowest BCUT2D eigenvalue weighted by molar-refractivity contribution is 0.104. The number of ketones is 1. The molecule has 3 aromatic carbocycles. The van der Waals surface area contributed by atoms with Crippen LogP contribution in [0.4, 0.5) is 0 Å². The average molecular weight is 486 g/mol. The Balaban J connectivity index is 1.76. The number of rotatable bonds is 7. The fourth-order valence-electron chi connectivity index (χ4n) is 3.05. The van der Waals surface area contributed by atoms with E-state index in [9.17, 15) is 4.79 Å². The van der Waals surface area contributed by atoms with Crippen molar-refractivity contribution in [2.75, 3.05) is 7.11 Å². The molecule has 0 aliphatic carbocycles. The van der Waals surface area contributed by atoms with Crippen LogP contribution in [0.15, 0.2) is 65.1 Å². The molecule has 154 valence electrons. The lowest BCUT2D eigenvalue weighted by Gasteiger charge is -2.13. The lowest BCUT2D eigenvalue weighted by Crippen LogP contribution is -2.00. The Hall–Kier alpha value is -2.56. The third-order valence-corrected chi connectivity index (χ3v) is 5.79. The van der Waals surface area contributed by atoms with Gasteiger partial charge >= 0.3 is 0 Å². The smallest absolute Gasteiger partial charge is 0.185 e. The van der Waals surface area contributed by atoms with E-state index in [1.807, 2.05) is 56.3 Å². The van der Waals surface area contributed by atoms with Gasteiger partial charge in [0.25, 0.3) is 0 Å². The molecular weight excluding hydrogens is 464 g/mol. The standard InChI is InChI=1S/C25H22BrClO3/c1-16-12-22(13-17(2)25(16)27)30-15-20-14-18(5-11-24(20)29-3)4-10-23(28)19-6-8-21(26)9-7-19/h4-14H,15H2,1-3H3/b10-4+. The number of ether oxygens (including phenoxy) is 2. The highest BCUT2D eigenvalue weighted by atomic mass is 79.9. The maximum Gasteiger partial charge on any atom is 0.185 e. The van der Waals surface area contributed by atoms with E-state index in [1.165, 1.54) is 0 Å². The number of allylic oxidation sites excluding steroid dienone is 1. The zero-order valence-electron chi connectivity index (χ0n) is 17.0. The molecule has 5 heteroatoms. The Morgan fingerprint density at radius 3 is 2.33 bits per heavy atom. The van der Waals surface area contributed by atoms with Gasteiger partial charge < -0.3 is 9.47 Å². The maximum absolute atomic E-state index is 12.4. The van der Waals surface area contributed by atoms with E-state index in [-0.39, 0.29) is 5.78 Å². The van der Waals surface area contributed by atoms with Crippen molar-refractivity contribution in [1.82, 2.24) is 0 Å². The normalized spacial score (nSPS) is 11.0. The van der Waals surface area contributed by atoms with E-state index < -0.39 is 0 Å². The van der Waals surface area contributed by atoms with E-state index in [1.54, 1.807) is 31.4 Å². The second-order valence-electron chi connectivity index (χ2n) is 6.94. The maximum atomic E-state index is 12.4. The first-order valence-corrected chi connectivity index (χ1v) is 10.6. The molecule has 0 aromatic heterocycles. The van der Waals surface area contributed by atoms with Crippen LogP contribution in [0.5, 0.6) is 11.5 Å². The highest BCUT2D eigenvalue weighted by Gasteiger charge is 2.08. The summed E-state index contributed by atoms with van der Waals surface area (Å²) in [6.07, 6.45) is 3.37. The molecule has 0 aliphatic rings. The molecular formula is C25H22BrClO3. The molecule has 0 saturated carbocycles. The number of hydrogen-bond donors (Lipinski definition) is 0. The van der Waals surface area contributed by atoms with E-state index in [0.29, 0.717) is 12.2 Å². The summed E-state index contributed by atoms with van der Waals surface area (Å²) in [5.41, 5.74) is 4.37. The van der Waals surface area contributed by atoms with E-state index in [2.05, 4.69) is 15.9 Å². The summed E-state index contributed by atoms with van der Waals surface area (Å²) in [6, 6.07) is 16.9. The van der Waals surface area contributed by atoms with Crippen molar-refractivity contribution in [3.63, 3.8) is 0 Å². The monoisotopic (exact) mass is 484 g/mol. The van der Waals surface area contributed by atoms with Crippen LogP contribution in [0.3, 0.4) is 0 Å². The molecule has 0 radical (unpaired) electrons. The summed E-state index contributed by atoms with van der Waals surface area (Å²) in [5.74, 6) is 1.43. The van der Waals surface area contributed by atoms with Crippen LogP contribution in [0, 0.1) is 13.8 Å². The minimum absolute atomic E-state index is 0.0526. The molecule has 0 amide bonds. The lowest BCUT2D eigenvalue weighted by atomic mass is 10.1. The Morgan fingerprint density at radius 1 is 1.03 bits per heavy atom. The van der Waals surface area contributed by atoms with Crippen LogP contribution in [0.2, 0.25) is 5.02 Å². The Labute approximate surface area is 190 Å². The minimum Gasteiger partial charge on any atom is -0.496 e. The fraction of sp³-hybridized carbons (Fsp3) is 0.160. The SMILES string of the molecule is COc1ccc(/C=C/C(=O)c2ccc(Br)cc2)cc1COc1cc(C)c(Cl)c(C)c1. The fourth-order valence-corrected chi connectivity index (χ4v) is 3.42. The van der Waals surface area contributed by atoms with Crippen LogP contribution in [0.25, 0.3) is 6.08 Å². The first-order valence-electron chi connectivity index (χ1n) is 9.42. The van der Waals surface area contributed by atoms with Gasteiger partial charge in [-0.05, 0) is 85.1 Å². The Kier molecular flexibility index (Phi) is 7.35. The third-order valence-electron chi connectivity index (χ3n) is 4.66. The van der Waals surface area contributed by atoms with Crippen molar-refractivity contribution in [3.8, 4) is 11.5 Å². The quantitative estimate of drug-likeness (QED) is 0.262. The largest absolute Gasteiger partial charge is 0.496 e. The number of methoxy groups -OCH3 is 1. The summed E-state index contributed by atoms with van der Waals surface area (Å²) >= 11 is 9.61. The predicted octanol–water partition coefficient (Wildman–Crippen LogP) is 7.20. The van der Waals surface area contributed by atoms with E-state index in [0.717, 1.165) is 43.2 Å². The van der Waals surface area contributed by atoms with Crippen LogP contribution >= 0.6 is 27.5 Å². The van der Waals surface area contributed by atoms with E-state index >= 15 is 0 Å². The van der Waals surface area contributed by atoms with Gasteiger partial charge in [0.1, 0.15) is 18.1 Å². The molecule has 0 unspecified atom stereocenters. The number of carbonyl (C=O) groups excluding carboxylic acids is 1. The van der Waals surface area contributed by atoms with Gasteiger partial charge in [-0.25, -0.2) is 0 Å². The molecule has 3 rings (SSSR count). The van der Waals surface area contributed by atoms with Crippen molar-refractivity contribution in [2.45, 2.75) is 20.5 Å². The number of hydrogen-bond acceptors (Lipinski definition) is 3. The molecule has 3 nitrogen and oxygen atoms in total. The van der Waals surface area contributed by atoms with Crippen molar-refractivity contribution >= 4 is 39.4 Å². The van der Waals surface area contributed by atoms with Gasteiger partial charge in [-0.1, -0.05) is 39.7 Å². The summed E-state index contributed by atoms with van der Waals surface area (Å²) in [5, 5.41) is 0.752. The van der Waals surface area contributed by atoms with Gasteiger partial charge in [0.2, 0.25) is 0 Å². The molecule has 0 heterocycles. The van der Waals surface area contributed by atoms with Gasteiger partial charge in [0.05, 0.1) is 7.11 Å². The Bertz CT molecular complexity index is 1070. The molecule has 0 aliphatic heterocycles.